The minimum atomic E-state index is -0.820. The van der Waals surface area contributed by atoms with Crippen molar-refractivity contribution in [1.29, 1.82) is 0 Å². The molecule has 2 amide bonds. The van der Waals surface area contributed by atoms with E-state index < -0.39 is 29.4 Å². The van der Waals surface area contributed by atoms with Gasteiger partial charge in [0.1, 0.15) is 12.4 Å². The van der Waals surface area contributed by atoms with Crippen molar-refractivity contribution in [3.63, 3.8) is 0 Å². The second-order valence-corrected chi connectivity index (χ2v) is 7.19. The number of hydrogen-bond acceptors (Lipinski definition) is 5. The molecule has 156 valence electrons. The van der Waals surface area contributed by atoms with E-state index in [1.807, 2.05) is 6.92 Å². The summed E-state index contributed by atoms with van der Waals surface area (Å²) in [6, 6.07) is 4.85. The highest BCUT2D eigenvalue weighted by Gasteiger charge is 2.47. The van der Waals surface area contributed by atoms with Crippen LogP contribution in [0, 0.1) is 5.82 Å². The highest BCUT2D eigenvalue weighted by atomic mass is 19.1. The van der Waals surface area contributed by atoms with E-state index >= 15 is 0 Å². The lowest BCUT2D eigenvalue weighted by Crippen LogP contribution is -2.51. The van der Waals surface area contributed by atoms with Crippen LogP contribution >= 0.6 is 0 Å². The molecule has 2 N–H and O–H groups in total. The second kappa shape index (κ2) is 8.63. The number of amides is 2. The molecular formula is C21H25FN2O5. The molecule has 8 heteroatoms. The van der Waals surface area contributed by atoms with Crippen LogP contribution in [0.3, 0.4) is 0 Å². The third-order valence-corrected chi connectivity index (χ3v) is 5.49. The van der Waals surface area contributed by atoms with Gasteiger partial charge in [-0.1, -0.05) is 25.5 Å². The summed E-state index contributed by atoms with van der Waals surface area (Å²) in [5.41, 5.74) is 0.363. The predicted octanol–water partition coefficient (Wildman–Crippen LogP) is 2.70. The Balaban J connectivity index is 1.81. The molecule has 0 bridgehead atoms. The molecular weight excluding hydrogens is 379 g/mol. The fourth-order valence-electron chi connectivity index (χ4n) is 3.76. The van der Waals surface area contributed by atoms with Crippen molar-refractivity contribution in [1.82, 2.24) is 10.6 Å². The third kappa shape index (κ3) is 4.11. The summed E-state index contributed by atoms with van der Waals surface area (Å²) in [6.07, 6.45) is 2.56. The Morgan fingerprint density at radius 3 is 2.41 bits per heavy atom. The molecule has 29 heavy (non-hydrogen) atoms. The van der Waals surface area contributed by atoms with Gasteiger partial charge >= 0.3 is 18.0 Å². The molecule has 0 spiro atoms. The van der Waals surface area contributed by atoms with Crippen molar-refractivity contribution in [3.8, 4) is 0 Å². The molecule has 1 aromatic rings. The topological polar surface area (TPSA) is 93.7 Å². The Morgan fingerprint density at radius 2 is 1.86 bits per heavy atom. The van der Waals surface area contributed by atoms with E-state index in [4.69, 9.17) is 9.47 Å². The van der Waals surface area contributed by atoms with Gasteiger partial charge in [0.15, 0.2) is 0 Å². The van der Waals surface area contributed by atoms with Crippen molar-refractivity contribution < 1.29 is 28.2 Å². The second-order valence-electron chi connectivity index (χ2n) is 7.19. The number of carbonyl (C=O) groups excluding carboxylic acids is 3. The molecule has 7 nitrogen and oxygen atoms in total. The largest absolute Gasteiger partial charge is 0.463 e. The number of rotatable bonds is 7. The molecule has 1 aliphatic carbocycles. The molecule has 1 saturated carbocycles. The van der Waals surface area contributed by atoms with Crippen LogP contribution in [0.15, 0.2) is 35.5 Å². The molecule has 3 rings (SSSR count). The van der Waals surface area contributed by atoms with Crippen LogP contribution in [0.5, 0.6) is 0 Å². The van der Waals surface area contributed by atoms with Crippen molar-refractivity contribution in [2.24, 2.45) is 0 Å². The zero-order valence-electron chi connectivity index (χ0n) is 16.5. The first-order valence-electron chi connectivity index (χ1n) is 9.82. The van der Waals surface area contributed by atoms with Crippen LogP contribution in [0.1, 0.15) is 45.1 Å². The van der Waals surface area contributed by atoms with E-state index in [9.17, 15) is 18.8 Å². The lowest BCUT2D eigenvalue weighted by atomic mass is 9.64. The fraction of sp³-hybridized carbons (Fsp3) is 0.476. The first-order valence-corrected chi connectivity index (χ1v) is 9.82. The Morgan fingerprint density at radius 1 is 1.17 bits per heavy atom. The number of nitrogens with one attached hydrogen (secondary N) is 2. The van der Waals surface area contributed by atoms with Crippen LogP contribution < -0.4 is 10.6 Å². The Hall–Kier alpha value is -2.90. The number of ether oxygens (including phenoxy) is 2. The summed E-state index contributed by atoms with van der Waals surface area (Å²) < 4.78 is 23.9. The van der Waals surface area contributed by atoms with Crippen LogP contribution in [-0.4, -0.2) is 37.2 Å². The van der Waals surface area contributed by atoms with Gasteiger partial charge in [-0.25, -0.2) is 14.0 Å². The average Bonchev–Trinajstić information content (AvgIpc) is 2.66. The van der Waals surface area contributed by atoms with Gasteiger partial charge in [0.05, 0.1) is 29.3 Å². The standard InChI is InChI=1S/C21H25FN2O5/c1-3-15-17(18(25)28-4-2)16(24-20(27)23-15)12-29-19(26)21(10-5-11-21)13-6-8-14(22)9-7-13/h6-9,15H,3-5,10-12H2,1-2H3,(H2,23,24,27)/t15-/m0/s1. The number of esters is 2. The predicted molar refractivity (Wildman–Crippen MR) is 102 cm³/mol. The van der Waals surface area contributed by atoms with E-state index in [1.165, 1.54) is 12.1 Å². The molecule has 1 atom stereocenters. The van der Waals surface area contributed by atoms with Gasteiger partial charge in [0.25, 0.3) is 0 Å². The Bertz CT molecular complexity index is 830. The van der Waals surface area contributed by atoms with Crippen LogP contribution in [0.4, 0.5) is 9.18 Å². The fourth-order valence-corrected chi connectivity index (χ4v) is 3.76. The summed E-state index contributed by atoms with van der Waals surface area (Å²) in [4.78, 5) is 37.3. The Labute approximate surface area is 168 Å². The quantitative estimate of drug-likeness (QED) is 0.682. The highest BCUT2D eigenvalue weighted by Crippen LogP contribution is 2.44. The molecule has 1 fully saturated rings. The number of benzene rings is 1. The van der Waals surface area contributed by atoms with Gasteiger partial charge in [-0.05, 0) is 43.9 Å². The number of urea groups is 1. The number of hydrogen-bond donors (Lipinski definition) is 2. The molecule has 0 radical (unpaired) electrons. The SMILES string of the molecule is CCOC(=O)C1=C(COC(=O)C2(c3ccc(F)cc3)CCC2)NC(=O)N[C@H]1CC. The summed E-state index contributed by atoms with van der Waals surface area (Å²) in [7, 11) is 0. The van der Waals surface area contributed by atoms with Crippen molar-refractivity contribution >= 4 is 18.0 Å². The van der Waals surface area contributed by atoms with Crippen molar-refractivity contribution in [2.45, 2.75) is 51.0 Å². The highest BCUT2D eigenvalue weighted by molar-refractivity contribution is 5.95. The van der Waals surface area contributed by atoms with E-state index in [-0.39, 0.29) is 30.3 Å². The first kappa shape index (κ1) is 20.8. The monoisotopic (exact) mass is 404 g/mol. The summed E-state index contributed by atoms with van der Waals surface area (Å²) in [5.74, 6) is -1.38. The van der Waals surface area contributed by atoms with E-state index in [0.29, 0.717) is 24.8 Å². The molecule has 1 aromatic carbocycles. The molecule has 2 aliphatic rings. The van der Waals surface area contributed by atoms with Crippen molar-refractivity contribution in [3.05, 3.63) is 46.9 Å². The maximum absolute atomic E-state index is 13.3. The summed E-state index contributed by atoms with van der Waals surface area (Å²) in [6.45, 7) is 3.46. The lowest BCUT2D eigenvalue weighted by molar-refractivity contribution is -0.153. The summed E-state index contributed by atoms with van der Waals surface area (Å²) >= 11 is 0. The number of carbonyl (C=O) groups is 3. The van der Waals surface area contributed by atoms with Gasteiger partial charge in [-0.15, -0.1) is 0 Å². The first-order chi connectivity index (χ1) is 13.9. The molecule has 0 saturated heterocycles. The van der Waals surface area contributed by atoms with Gasteiger partial charge in [0.2, 0.25) is 0 Å². The van der Waals surface area contributed by atoms with Crippen LogP contribution in [-0.2, 0) is 24.5 Å². The van der Waals surface area contributed by atoms with Crippen molar-refractivity contribution in [2.75, 3.05) is 13.2 Å². The molecule has 1 aliphatic heterocycles. The minimum Gasteiger partial charge on any atom is -0.463 e. The minimum absolute atomic E-state index is 0.188. The smallest absolute Gasteiger partial charge is 0.338 e. The summed E-state index contributed by atoms with van der Waals surface area (Å²) in [5, 5.41) is 5.23. The van der Waals surface area contributed by atoms with Crippen LogP contribution in [0.25, 0.3) is 0 Å². The average molecular weight is 404 g/mol. The maximum atomic E-state index is 13.3. The maximum Gasteiger partial charge on any atom is 0.338 e. The van der Waals surface area contributed by atoms with Crippen LogP contribution in [0.2, 0.25) is 0 Å². The van der Waals surface area contributed by atoms with Gasteiger partial charge in [-0.2, -0.15) is 0 Å². The molecule has 0 unspecified atom stereocenters. The number of halogens is 1. The van der Waals surface area contributed by atoms with E-state index in [2.05, 4.69) is 10.6 Å². The lowest BCUT2D eigenvalue weighted by Gasteiger charge is -2.40. The van der Waals surface area contributed by atoms with Gasteiger partial charge in [0, 0.05) is 0 Å². The third-order valence-electron chi connectivity index (χ3n) is 5.49. The molecule has 0 aromatic heterocycles. The zero-order chi connectivity index (χ0) is 21.0. The van der Waals surface area contributed by atoms with Gasteiger partial charge < -0.3 is 20.1 Å². The normalized spacial score (nSPS) is 20.2. The Kier molecular flexibility index (Phi) is 6.20. The molecule has 1 heterocycles. The van der Waals surface area contributed by atoms with E-state index in [1.54, 1.807) is 19.1 Å². The zero-order valence-corrected chi connectivity index (χ0v) is 16.5. The van der Waals surface area contributed by atoms with E-state index in [0.717, 1.165) is 6.42 Å². The van der Waals surface area contributed by atoms with Gasteiger partial charge in [-0.3, -0.25) is 4.79 Å².